The van der Waals surface area contributed by atoms with Gasteiger partial charge in [0.25, 0.3) is 5.91 Å². The smallest absolute Gasteiger partial charge is 0.257 e. The molecule has 1 aromatic carbocycles. The van der Waals surface area contributed by atoms with Crippen molar-refractivity contribution in [1.29, 1.82) is 0 Å². The lowest BCUT2D eigenvalue weighted by molar-refractivity contribution is 0.102. The number of carbonyl (C=O) groups is 1. The Bertz CT molecular complexity index is 897. The molecule has 1 N–H and O–H groups in total. The molecule has 0 fully saturated rings. The van der Waals surface area contributed by atoms with Crippen molar-refractivity contribution in [3.8, 4) is 5.82 Å². The van der Waals surface area contributed by atoms with Gasteiger partial charge in [0.05, 0.1) is 11.3 Å². The predicted octanol–water partition coefficient (Wildman–Crippen LogP) is 4.42. The fourth-order valence-electron chi connectivity index (χ4n) is 2.32. The number of hydrogen-bond acceptors (Lipinski definition) is 3. The monoisotopic (exact) mass is 446 g/mol. The molecule has 0 radical (unpaired) electrons. The molecule has 0 aliphatic rings. The average molecular weight is 446 g/mol. The maximum absolute atomic E-state index is 12.7. The first-order valence-electron chi connectivity index (χ1n) is 7.94. The van der Waals surface area contributed by atoms with Crippen LogP contribution in [-0.4, -0.2) is 20.7 Å². The van der Waals surface area contributed by atoms with Crippen LogP contribution >= 0.6 is 22.6 Å². The second kappa shape index (κ2) is 6.95. The highest BCUT2D eigenvalue weighted by molar-refractivity contribution is 14.1. The number of pyridine rings is 1. The van der Waals surface area contributed by atoms with Crippen molar-refractivity contribution >= 4 is 34.3 Å². The first-order chi connectivity index (χ1) is 11.9. The molecule has 0 aliphatic heterocycles. The van der Waals surface area contributed by atoms with E-state index in [0.29, 0.717) is 17.2 Å². The standard InChI is InChI=1S/C19H19IN4O/c1-19(2,3)15-12-17(24(23-15)16-10-6-7-11-21-16)22-18(25)13-8-4-5-9-14(13)20/h4-12H,1-3H3,(H,22,25). The molecule has 1 amide bonds. The highest BCUT2D eigenvalue weighted by Gasteiger charge is 2.22. The van der Waals surface area contributed by atoms with Crippen LogP contribution in [0.3, 0.4) is 0 Å². The lowest BCUT2D eigenvalue weighted by Crippen LogP contribution is -2.16. The fourth-order valence-corrected chi connectivity index (χ4v) is 2.95. The Morgan fingerprint density at radius 1 is 1.12 bits per heavy atom. The SMILES string of the molecule is CC(C)(C)c1cc(NC(=O)c2ccccc2I)n(-c2ccccn2)n1. The summed E-state index contributed by atoms with van der Waals surface area (Å²) in [5.41, 5.74) is 1.38. The molecule has 0 atom stereocenters. The minimum atomic E-state index is -0.164. The third-order valence-electron chi connectivity index (χ3n) is 3.70. The minimum Gasteiger partial charge on any atom is -0.306 e. The Labute approximate surface area is 160 Å². The van der Waals surface area contributed by atoms with Crippen molar-refractivity contribution in [2.45, 2.75) is 26.2 Å². The summed E-state index contributed by atoms with van der Waals surface area (Å²) in [5, 5.41) is 7.63. The molecular weight excluding hydrogens is 427 g/mol. The number of hydrogen-bond donors (Lipinski definition) is 1. The zero-order valence-corrected chi connectivity index (χ0v) is 16.5. The molecule has 2 aromatic heterocycles. The van der Waals surface area contributed by atoms with Crippen molar-refractivity contribution in [2.24, 2.45) is 0 Å². The Hall–Kier alpha value is -2.22. The summed E-state index contributed by atoms with van der Waals surface area (Å²) < 4.78 is 2.58. The van der Waals surface area contributed by atoms with Gasteiger partial charge in [0.2, 0.25) is 0 Å². The molecule has 0 aliphatic carbocycles. The van der Waals surface area contributed by atoms with Crippen LogP contribution in [0, 0.1) is 3.57 Å². The van der Waals surface area contributed by atoms with Gasteiger partial charge in [0, 0.05) is 21.2 Å². The molecule has 0 unspecified atom stereocenters. The van der Waals surface area contributed by atoms with Crippen molar-refractivity contribution in [3.63, 3.8) is 0 Å². The Morgan fingerprint density at radius 2 is 1.84 bits per heavy atom. The van der Waals surface area contributed by atoms with Crippen LogP contribution in [-0.2, 0) is 5.41 Å². The summed E-state index contributed by atoms with van der Waals surface area (Å²) in [4.78, 5) is 17.1. The summed E-state index contributed by atoms with van der Waals surface area (Å²) >= 11 is 2.16. The number of aromatic nitrogens is 3. The molecule has 25 heavy (non-hydrogen) atoms. The number of anilines is 1. The third kappa shape index (κ3) is 3.89. The van der Waals surface area contributed by atoms with Gasteiger partial charge in [0.15, 0.2) is 5.82 Å². The zero-order valence-electron chi connectivity index (χ0n) is 14.3. The molecule has 3 rings (SSSR count). The van der Waals surface area contributed by atoms with Gasteiger partial charge in [-0.05, 0) is 46.9 Å². The lowest BCUT2D eigenvalue weighted by Gasteiger charge is -2.13. The van der Waals surface area contributed by atoms with Crippen molar-refractivity contribution in [3.05, 3.63) is 69.6 Å². The number of carbonyl (C=O) groups excluding carboxylic acids is 1. The summed E-state index contributed by atoms with van der Waals surface area (Å²) in [7, 11) is 0. The number of amides is 1. The molecule has 3 aromatic rings. The highest BCUT2D eigenvalue weighted by atomic mass is 127. The average Bonchev–Trinajstić information content (AvgIpc) is 3.00. The minimum absolute atomic E-state index is 0.138. The maximum atomic E-state index is 12.7. The fraction of sp³-hybridized carbons (Fsp3) is 0.211. The van der Waals surface area contributed by atoms with Crippen LogP contribution in [0.1, 0.15) is 36.8 Å². The molecule has 0 saturated carbocycles. The van der Waals surface area contributed by atoms with E-state index in [0.717, 1.165) is 9.26 Å². The maximum Gasteiger partial charge on any atom is 0.257 e. The van der Waals surface area contributed by atoms with E-state index >= 15 is 0 Å². The van der Waals surface area contributed by atoms with E-state index in [4.69, 9.17) is 0 Å². The summed E-state index contributed by atoms with van der Waals surface area (Å²) in [6.07, 6.45) is 1.71. The second-order valence-corrected chi connectivity index (χ2v) is 7.86. The molecule has 0 bridgehead atoms. The van der Waals surface area contributed by atoms with Crippen LogP contribution in [0.5, 0.6) is 0 Å². The first-order valence-corrected chi connectivity index (χ1v) is 9.02. The van der Waals surface area contributed by atoms with E-state index in [1.165, 1.54) is 0 Å². The summed E-state index contributed by atoms with van der Waals surface area (Å²) in [6.45, 7) is 6.26. The highest BCUT2D eigenvalue weighted by Crippen LogP contribution is 2.26. The first kappa shape index (κ1) is 17.6. The number of nitrogens with one attached hydrogen (secondary N) is 1. The topological polar surface area (TPSA) is 59.8 Å². The van der Waals surface area contributed by atoms with Crippen molar-refractivity contribution in [2.75, 3.05) is 5.32 Å². The van der Waals surface area contributed by atoms with Gasteiger partial charge in [0.1, 0.15) is 5.82 Å². The van der Waals surface area contributed by atoms with Gasteiger partial charge in [-0.25, -0.2) is 4.98 Å². The van der Waals surface area contributed by atoms with Crippen molar-refractivity contribution < 1.29 is 4.79 Å². The summed E-state index contributed by atoms with van der Waals surface area (Å²) in [5.74, 6) is 1.10. The Morgan fingerprint density at radius 3 is 2.48 bits per heavy atom. The van der Waals surface area contributed by atoms with E-state index in [-0.39, 0.29) is 11.3 Å². The van der Waals surface area contributed by atoms with Crippen LogP contribution in [0.15, 0.2) is 54.7 Å². The number of nitrogens with zero attached hydrogens (tertiary/aromatic N) is 3. The third-order valence-corrected chi connectivity index (χ3v) is 4.64. The number of rotatable bonds is 3. The second-order valence-electron chi connectivity index (χ2n) is 6.70. The van der Waals surface area contributed by atoms with Gasteiger partial charge >= 0.3 is 0 Å². The number of halogens is 1. The molecule has 5 nitrogen and oxygen atoms in total. The van der Waals surface area contributed by atoms with E-state index in [2.05, 4.69) is 58.8 Å². The van der Waals surface area contributed by atoms with Gasteiger partial charge < -0.3 is 5.32 Å². The quantitative estimate of drug-likeness (QED) is 0.606. The van der Waals surface area contributed by atoms with Crippen molar-refractivity contribution in [1.82, 2.24) is 14.8 Å². The molecule has 2 heterocycles. The van der Waals surface area contributed by atoms with Gasteiger partial charge in [-0.15, -0.1) is 0 Å². The molecule has 128 valence electrons. The number of benzene rings is 1. The van der Waals surface area contributed by atoms with Gasteiger partial charge in [-0.1, -0.05) is 39.0 Å². The molecule has 0 spiro atoms. The Balaban J connectivity index is 2.01. The van der Waals surface area contributed by atoms with E-state index < -0.39 is 0 Å². The van der Waals surface area contributed by atoms with E-state index in [1.54, 1.807) is 10.9 Å². The predicted molar refractivity (Wildman–Crippen MR) is 107 cm³/mol. The largest absolute Gasteiger partial charge is 0.306 e. The van der Waals surface area contributed by atoms with E-state index in [1.807, 2.05) is 48.5 Å². The van der Waals surface area contributed by atoms with Gasteiger partial charge in [-0.3, -0.25) is 4.79 Å². The Kier molecular flexibility index (Phi) is 4.89. The van der Waals surface area contributed by atoms with Crippen LogP contribution in [0.4, 0.5) is 5.82 Å². The molecule has 6 heteroatoms. The zero-order chi connectivity index (χ0) is 18.0. The van der Waals surface area contributed by atoms with Crippen LogP contribution in [0.2, 0.25) is 0 Å². The lowest BCUT2D eigenvalue weighted by atomic mass is 9.92. The van der Waals surface area contributed by atoms with Gasteiger partial charge in [-0.2, -0.15) is 9.78 Å². The van der Waals surface area contributed by atoms with Crippen LogP contribution < -0.4 is 5.32 Å². The molecule has 0 saturated heterocycles. The molecular formula is C19H19IN4O. The van der Waals surface area contributed by atoms with Crippen LogP contribution in [0.25, 0.3) is 5.82 Å². The summed E-state index contributed by atoms with van der Waals surface area (Å²) in [6, 6.07) is 15.0. The van der Waals surface area contributed by atoms with E-state index in [9.17, 15) is 4.79 Å². The normalized spacial score (nSPS) is 11.4.